The van der Waals surface area contributed by atoms with Crippen LogP contribution < -0.4 is 0 Å². The van der Waals surface area contributed by atoms with E-state index in [0.717, 1.165) is 25.0 Å². The summed E-state index contributed by atoms with van der Waals surface area (Å²) in [5, 5.41) is 0. The van der Waals surface area contributed by atoms with Gasteiger partial charge in [-0.2, -0.15) is 0 Å². The Hall–Kier alpha value is -2.13. The summed E-state index contributed by atoms with van der Waals surface area (Å²) in [5.74, 6) is 1.21. The van der Waals surface area contributed by atoms with Crippen LogP contribution in [0.5, 0.6) is 0 Å². The molecule has 0 saturated carbocycles. The van der Waals surface area contributed by atoms with Gasteiger partial charge in [0, 0.05) is 6.54 Å². The van der Waals surface area contributed by atoms with E-state index in [1.165, 1.54) is 42.8 Å². The fourth-order valence-corrected chi connectivity index (χ4v) is 3.52. The van der Waals surface area contributed by atoms with E-state index in [4.69, 9.17) is 4.98 Å². The van der Waals surface area contributed by atoms with Crippen LogP contribution in [0.25, 0.3) is 11.0 Å². The molecule has 0 bridgehead atoms. The van der Waals surface area contributed by atoms with E-state index in [-0.39, 0.29) is 0 Å². The van der Waals surface area contributed by atoms with Crippen molar-refractivity contribution in [2.75, 3.05) is 13.1 Å². The summed E-state index contributed by atoms with van der Waals surface area (Å²) in [4.78, 5) is 7.44. The Labute approximate surface area is 137 Å². The second-order valence-corrected chi connectivity index (χ2v) is 6.39. The molecule has 0 atom stereocenters. The number of hydrogen-bond acceptors (Lipinski definition) is 2. The van der Waals surface area contributed by atoms with Gasteiger partial charge in [0.15, 0.2) is 0 Å². The molecule has 1 aliphatic heterocycles. The van der Waals surface area contributed by atoms with Gasteiger partial charge >= 0.3 is 0 Å². The van der Waals surface area contributed by atoms with Crippen LogP contribution in [0, 0.1) is 0 Å². The molecule has 0 spiro atoms. The minimum atomic E-state index is 0.976. The lowest BCUT2D eigenvalue weighted by atomic mass is 10.1. The third-order valence-corrected chi connectivity index (χ3v) is 4.76. The van der Waals surface area contributed by atoms with E-state index in [9.17, 15) is 0 Å². The van der Waals surface area contributed by atoms with Gasteiger partial charge in [0.25, 0.3) is 0 Å². The number of rotatable bonds is 5. The van der Waals surface area contributed by atoms with Gasteiger partial charge in [0.1, 0.15) is 5.82 Å². The van der Waals surface area contributed by atoms with Gasteiger partial charge < -0.3 is 4.57 Å². The van der Waals surface area contributed by atoms with Gasteiger partial charge in [-0.1, -0.05) is 42.5 Å². The smallest absolute Gasteiger partial charge is 0.124 e. The van der Waals surface area contributed by atoms with Crippen LogP contribution in [0.15, 0.2) is 54.6 Å². The Morgan fingerprint density at radius 1 is 0.870 bits per heavy atom. The van der Waals surface area contributed by atoms with Crippen molar-refractivity contribution in [2.45, 2.75) is 32.4 Å². The van der Waals surface area contributed by atoms with Crippen molar-refractivity contribution in [1.29, 1.82) is 0 Å². The highest BCUT2D eigenvalue weighted by Crippen LogP contribution is 2.20. The zero-order valence-electron chi connectivity index (χ0n) is 13.5. The lowest BCUT2D eigenvalue weighted by Crippen LogP contribution is -2.21. The second-order valence-electron chi connectivity index (χ2n) is 6.39. The highest BCUT2D eigenvalue weighted by molar-refractivity contribution is 5.75. The molecule has 0 aliphatic carbocycles. The Morgan fingerprint density at radius 2 is 1.61 bits per heavy atom. The lowest BCUT2D eigenvalue weighted by molar-refractivity contribution is 0.317. The first-order chi connectivity index (χ1) is 11.4. The van der Waals surface area contributed by atoms with E-state index in [1.807, 2.05) is 0 Å². The Kier molecular flexibility index (Phi) is 4.12. The predicted octanol–water partition coefficient (Wildman–Crippen LogP) is 3.87. The maximum atomic E-state index is 4.91. The Balaban J connectivity index is 1.62. The summed E-state index contributed by atoms with van der Waals surface area (Å²) in [7, 11) is 0. The number of hydrogen-bond donors (Lipinski definition) is 0. The summed E-state index contributed by atoms with van der Waals surface area (Å²) < 4.78 is 2.42. The molecule has 2 heterocycles. The Morgan fingerprint density at radius 3 is 2.43 bits per heavy atom. The number of imidazole rings is 1. The largest absolute Gasteiger partial charge is 0.327 e. The van der Waals surface area contributed by atoms with Crippen LogP contribution in [0.3, 0.4) is 0 Å². The molecule has 1 aromatic heterocycles. The normalized spacial score (nSPS) is 15.5. The molecule has 118 valence electrons. The van der Waals surface area contributed by atoms with Gasteiger partial charge in [-0.3, -0.25) is 4.90 Å². The molecule has 3 heteroatoms. The van der Waals surface area contributed by atoms with Crippen LogP contribution in [0.1, 0.15) is 24.2 Å². The van der Waals surface area contributed by atoms with Gasteiger partial charge in [-0.15, -0.1) is 0 Å². The number of nitrogens with zero attached hydrogens (tertiary/aromatic N) is 3. The molecule has 1 saturated heterocycles. The van der Waals surface area contributed by atoms with E-state index in [0.29, 0.717) is 0 Å². The van der Waals surface area contributed by atoms with Crippen LogP contribution in [0.2, 0.25) is 0 Å². The quantitative estimate of drug-likeness (QED) is 0.713. The number of para-hydroxylation sites is 2. The van der Waals surface area contributed by atoms with Gasteiger partial charge in [0.05, 0.1) is 17.6 Å². The molecule has 2 aromatic carbocycles. The summed E-state index contributed by atoms with van der Waals surface area (Å²) in [6, 6.07) is 19.2. The maximum absolute atomic E-state index is 4.91. The molecular weight excluding hydrogens is 282 g/mol. The van der Waals surface area contributed by atoms with Crippen LogP contribution >= 0.6 is 0 Å². The molecule has 1 fully saturated rings. The van der Waals surface area contributed by atoms with Crippen molar-refractivity contribution >= 4 is 11.0 Å². The first-order valence-corrected chi connectivity index (χ1v) is 8.60. The van der Waals surface area contributed by atoms with E-state index < -0.39 is 0 Å². The molecular formula is C20H23N3. The predicted molar refractivity (Wildman–Crippen MR) is 94.4 cm³/mol. The van der Waals surface area contributed by atoms with E-state index in [2.05, 4.69) is 64.1 Å². The first kappa shape index (κ1) is 14.5. The molecule has 1 aliphatic rings. The average Bonchev–Trinajstić information content (AvgIpc) is 3.22. The van der Waals surface area contributed by atoms with Gasteiger partial charge in [0.2, 0.25) is 0 Å². The third-order valence-electron chi connectivity index (χ3n) is 4.76. The van der Waals surface area contributed by atoms with E-state index >= 15 is 0 Å². The summed E-state index contributed by atoms with van der Waals surface area (Å²) in [5.41, 5.74) is 3.77. The van der Waals surface area contributed by atoms with Crippen LogP contribution in [-0.2, 0) is 19.5 Å². The summed E-state index contributed by atoms with van der Waals surface area (Å²) in [6.45, 7) is 4.39. The SMILES string of the molecule is c1ccc(CCn2c(CN3CCCC3)nc3ccccc32)cc1. The molecule has 23 heavy (non-hydrogen) atoms. The van der Waals surface area contributed by atoms with Crippen molar-refractivity contribution < 1.29 is 0 Å². The van der Waals surface area contributed by atoms with Crippen molar-refractivity contribution in [3.8, 4) is 0 Å². The number of likely N-dealkylation sites (tertiary alicyclic amines) is 1. The molecule has 4 rings (SSSR count). The monoisotopic (exact) mass is 305 g/mol. The zero-order valence-corrected chi connectivity index (χ0v) is 13.5. The van der Waals surface area contributed by atoms with Gasteiger partial charge in [-0.25, -0.2) is 4.98 Å². The molecule has 3 nitrogen and oxygen atoms in total. The number of aromatic nitrogens is 2. The van der Waals surface area contributed by atoms with Crippen molar-refractivity contribution in [3.05, 3.63) is 66.0 Å². The topological polar surface area (TPSA) is 21.1 Å². The minimum Gasteiger partial charge on any atom is -0.327 e. The minimum absolute atomic E-state index is 0.976. The number of benzene rings is 2. The number of aryl methyl sites for hydroxylation is 2. The van der Waals surface area contributed by atoms with E-state index in [1.54, 1.807) is 0 Å². The third kappa shape index (κ3) is 3.15. The molecule has 0 amide bonds. The fraction of sp³-hybridized carbons (Fsp3) is 0.350. The number of fused-ring (bicyclic) bond motifs is 1. The molecule has 0 radical (unpaired) electrons. The van der Waals surface area contributed by atoms with Crippen molar-refractivity contribution in [3.63, 3.8) is 0 Å². The standard InChI is InChI=1S/C20H23N3/c1-2-8-17(9-3-1)12-15-23-19-11-5-4-10-18(19)21-20(23)16-22-13-6-7-14-22/h1-5,8-11H,6-7,12-16H2. The first-order valence-electron chi connectivity index (χ1n) is 8.60. The zero-order chi connectivity index (χ0) is 15.5. The van der Waals surface area contributed by atoms with Crippen molar-refractivity contribution in [2.24, 2.45) is 0 Å². The maximum Gasteiger partial charge on any atom is 0.124 e. The fourth-order valence-electron chi connectivity index (χ4n) is 3.52. The van der Waals surface area contributed by atoms with Crippen molar-refractivity contribution in [1.82, 2.24) is 14.5 Å². The second kappa shape index (κ2) is 6.55. The molecule has 3 aromatic rings. The average molecular weight is 305 g/mol. The highest BCUT2D eigenvalue weighted by atomic mass is 15.2. The lowest BCUT2D eigenvalue weighted by Gasteiger charge is -2.16. The van der Waals surface area contributed by atoms with Crippen LogP contribution in [-0.4, -0.2) is 27.5 Å². The van der Waals surface area contributed by atoms with Gasteiger partial charge in [-0.05, 0) is 50.0 Å². The Bertz CT molecular complexity index is 770. The van der Waals surface area contributed by atoms with Crippen LogP contribution in [0.4, 0.5) is 0 Å². The highest BCUT2D eigenvalue weighted by Gasteiger charge is 2.17. The molecule has 0 unspecified atom stereocenters. The molecule has 0 N–H and O–H groups in total. The summed E-state index contributed by atoms with van der Waals surface area (Å²) >= 11 is 0. The summed E-state index contributed by atoms with van der Waals surface area (Å²) in [6.07, 6.45) is 3.70.